The molecule has 1 aliphatic rings. The second-order valence-corrected chi connectivity index (χ2v) is 2.39. The molecule has 0 aromatic rings. The van der Waals surface area contributed by atoms with Crippen LogP contribution in [0, 0.1) is 0 Å². The van der Waals surface area contributed by atoms with Gasteiger partial charge in [0.1, 0.15) is 5.16 Å². The van der Waals surface area contributed by atoms with Crippen molar-refractivity contribution >= 4 is 35.8 Å². The van der Waals surface area contributed by atoms with Crippen LogP contribution in [0.1, 0.15) is 0 Å². The molecule has 1 unspecified atom stereocenters. The largest absolute Gasteiger partial charge is 0.278 e. The lowest BCUT2D eigenvalue weighted by Gasteiger charge is -2.20. The minimum absolute atomic E-state index is 0.282. The molecule has 10 heavy (non-hydrogen) atoms. The fourth-order valence-electron chi connectivity index (χ4n) is 0.536. The maximum Gasteiger partial charge on any atom is 0.217 e. The normalized spacial score (nSPS) is 24.4. The second-order valence-electron chi connectivity index (χ2n) is 1.61. The Balaban J connectivity index is 2.80. The van der Waals surface area contributed by atoms with Crippen LogP contribution in [0.3, 0.4) is 0 Å². The number of hydrogen-bond donors (Lipinski definition) is 0. The number of carbonyl (C=O) groups excluding carboxylic acids is 1. The highest BCUT2D eigenvalue weighted by molar-refractivity contribution is 6.32. The summed E-state index contributed by atoms with van der Waals surface area (Å²) >= 11 is 11.1. The molecule has 0 bridgehead atoms. The fraction of sp³-hybridized carbons (Fsp3) is 0.200. The van der Waals surface area contributed by atoms with E-state index in [0.29, 0.717) is 6.41 Å². The Hall–Kier alpha value is -0.540. The Morgan fingerprint density at radius 2 is 2.50 bits per heavy atom. The highest BCUT2D eigenvalue weighted by atomic mass is 35.5. The van der Waals surface area contributed by atoms with Crippen molar-refractivity contribution in [1.82, 2.24) is 4.90 Å². The lowest BCUT2D eigenvalue weighted by molar-refractivity contribution is -0.116. The van der Waals surface area contributed by atoms with Gasteiger partial charge in [0.25, 0.3) is 0 Å². The van der Waals surface area contributed by atoms with Gasteiger partial charge in [-0.15, -0.1) is 0 Å². The number of rotatable bonds is 1. The van der Waals surface area contributed by atoms with E-state index in [1.165, 1.54) is 12.3 Å². The number of carbonyl (C=O) groups is 1. The van der Waals surface area contributed by atoms with E-state index in [-0.39, 0.29) is 5.16 Å². The van der Waals surface area contributed by atoms with Gasteiger partial charge in [-0.1, -0.05) is 23.2 Å². The van der Waals surface area contributed by atoms with Crippen LogP contribution in [0.5, 0.6) is 0 Å². The minimum atomic E-state index is -0.699. The molecule has 0 saturated carbocycles. The highest BCUT2D eigenvalue weighted by Gasteiger charge is 2.16. The van der Waals surface area contributed by atoms with Crippen LogP contribution < -0.4 is 0 Å². The topological polar surface area (TPSA) is 32.7 Å². The summed E-state index contributed by atoms with van der Waals surface area (Å²) in [7, 11) is 0. The Morgan fingerprint density at radius 3 is 2.90 bits per heavy atom. The third-order valence-corrected chi connectivity index (χ3v) is 1.66. The van der Waals surface area contributed by atoms with Gasteiger partial charge in [-0.2, -0.15) is 0 Å². The average Bonchev–Trinajstić information content (AvgIpc) is 1.88. The Labute approximate surface area is 67.9 Å². The Morgan fingerprint density at radius 1 is 1.80 bits per heavy atom. The second kappa shape index (κ2) is 3.03. The van der Waals surface area contributed by atoms with Crippen molar-refractivity contribution in [2.45, 2.75) is 5.62 Å². The zero-order valence-electron chi connectivity index (χ0n) is 4.87. The van der Waals surface area contributed by atoms with E-state index in [2.05, 4.69) is 4.99 Å². The molecule has 0 fully saturated rings. The van der Waals surface area contributed by atoms with E-state index in [1.54, 1.807) is 0 Å². The first-order chi connectivity index (χ1) is 4.75. The van der Waals surface area contributed by atoms with Crippen molar-refractivity contribution in [3.05, 3.63) is 11.2 Å². The molecule has 3 nitrogen and oxygen atoms in total. The van der Waals surface area contributed by atoms with Crippen LogP contribution >= 0.6 is 23.2 Å². The molecule has 1 amide bonds. The van der Waals surface area contributed by atoms with E-state index in [1.807, 2.05) is 0 Å². The first-order valence-corrected chi connectivity index (χ1v) is 3.34. The van der Waals surface area contributed by atoms with Gasteiger partial charge < -0.3 is 0 Å². The summed E-state index contributed by atoms with van der Waals surface area (Å²) in [5.41, 5.74) is -0.699. The van der Waals surface area contributed by atoms with Crippen molar-refractivity contribution in [2.75, 3.05) is 0 Å². The van der Waals surface area contributed by atoms with Gasteiger partial charge in [0.05, 0.1) is 0 Å². The van der Waals surface area contributed by atoms with Crippen LogP contribution in [-0.4, -0.2) is 23.1 Å². The third kappa shape index (κ3) is 1.30. The predicted molar refractivity (Wildman–Crippen MR) is 40.0 cm³/mol. The van der Waals surface area contributed by atoms with Crippen LogP contribution in [0.25, 0.3) is 0 Å². The van der Waals surface area contributed by atoms with E-state index < -0.39 is 5.62 Å². The zero-order chi connectivity index (χ0) is 7.56. The smallest absolute Gasteiger partial charge is 0.217 e. The maximum absolute atomic E-state index is 10.2. The Kier molecular flexibility index (Phi) is 2.29. The molecular weight excluding hydrogens is 175 g/mol. The lowest BCUT2D eigenvalue weighted by Crippen LogP contribution is -2.28. The lowest BCUT2D eigenvalue weighted by atomic mass is 10.5. The molecule has 1 rings (SSSR count). The van der Waals surface area contributed by atoms with Crippen molar-refractivity contribution in [3.63, 3.8) is 0 Å². The number of halogens is 2. The zero-order valence-corrected chi connectivity index (χ0v) is 6.38. The summed E-state index contributed by atoms with van der Waals surface area (Å²) in [6.07, 6.45) is 3.49. The molecule has 1 aliphatic heterocycles. The summed E-state index contributed by atoms with van der Waals surface area (Å²) in [6, 6.07) is 0. The predicted octanol–water partition coefficient (Wildman–Crippen LogP) is 1.13. The van der Waals surface area contributed by atoms with E-state index in [4.69, 9.17) is 23.2 Å². The molecule has 1 atom stereocenters. The van der Waals surface area contributed by atoms with Crippen LogP contribution in [0.2, 0.25) is 0 Å². The molecule has 5 heteroatoms. The number of aliphatic imine (C=N–C) groups is 1. The molecule has 0 aromatic carbocycles. The van der Waals surface area contributed by atoms with Gasteiger partial charge in [0.15, 0.2) is 0 Å². The number of amides is 1. The number of allylic oxidation sites excluding steroid dienone is 1. The molecule has 0 spiro atoms. The van der Waals surface area contributed by atoms with Gasteiger partial charge in [-0.25, -0.2) is 0 Å². The molecule has 0 aliphatic carbocycles. The van der Waals surface area contributed by atoms with Gasteiger partial charge >= 0.3 is 0 Å². The quantitative estimate of drug-likeness (QED) is 0.337. The van der Waals surface area contributed by atoms with E-state index in [9.17, 15) is 4.79 Å². The molecule has 0 aromatic heterocycles. The van der Waals surface area contributed by atoms with Gasteiger partial charge in [-0.05, 0) is 6.08 Å². The molecule has 1 heterocycles. The summed E-state index contributed by atoms with van der Waals surface area (Å²) < 4.78 is 0. The molecule has 0 saturated heterocycles. The van der Waals surface area contributed by atoms with Crippen LogP contribution in [0.15, 0.2) is 16.2 Å². The molecule has 54 valence electrons. The van der Waals surface area contributed by atoms with Gasteiger partial charge in [0, 0.05) is 6.21 Å². The fourth-order valence-corrected chi connectivity index (χ4v) is 0.991. The third-order valence-electron chi connectivity index (χ3n) is 1.01. The Bertz CT molecular complexity index is 202. The van der Waals surface area contributed by atoms with E-state index >= 15 is 0 Å². The van der Waals surface area contributed by atoms with Gasteiger partial charge in [-0.3, -0.25) is 14.7 Å². The first kappa shape index (κ1) is 7.57. The van der Waals surface area contributed by atoms with Crippen molar-refractivity contribution in [1.29, 1.82) is 0 Å². The summed E-state index contributed by atoms with van der Waals surface area (Å²) in [5, 5.41) is 0.282. The highest BCUT2D eigenvalue weighted by Crippen LogP contribution is 2.17. The number of nitrogens with zero attached hydrogens (tertiary/aromatic N) is 2. The van der Waals surface area contributed by atoms with Crippen molar-refractivity contribution in [2.24, 2.45) is 4.99 Å². The van der Waals surface area contributed by atoms with Crippen molar-refractivity contribution in [3.8, 4) is 0 Å². The number of hydrogen-bond acceptors (Lipinski definition) is 2. The monoisotopic (exact) mass is 178 g/mol. The van der Waals surface area contributed by atoms with Crippen LogP contribution in [-0.2, 0) is 4.79 Å². The van der Waals surface area contributed by atoms with Crippen molar-refractivity contribution < 1.29 is 4.79 Å². The van der Waals surface area contributed by atoms with E-state index in [0.717, 1.165) is 4.90 Å². The minimum Gasteiger partial charge on any atom is -0.278 e. The van der Waals surface area contributed by atoms with Gasteiger partial charge in [0.2, 0.25) is 12.0 Å². The summed E-state index contributed by atoms with van der Waals surface area (Å²) in [4.78, 5) is 15.0. The molecule has 0 N–H and O–H groups in total. The SMILES string of the molecule is O=CN1C(Cl)=CC=NC1Cl. The molecular formula is C5H4Cl2N2O. The first-order valence-electron chi connectivity index (χ1n) is 2.52. The summed E-state index contributed by atoms with van der Waals surface area (Å²) in [5.74, 6) is 0. The standard InChI is InChI=1S/C5H4Cl2N2O/c6-4-1-2-8-5(7)9(4)3-10/h1-3,5H. The van der Waals surface area contributed by atoms with Crippen LogP contribution in [0.4, 0.5) is 0 Å². The molecule has 0 radical (unpaired) electrons. The average molecular weight is 179 g/mol. The number of alkyl halides is 1. The summed E-state index contributed by atoms with van der Waals surface area (Å²) in [6.45, 7) is 0. The maximum atomic E-state index is 10.2.